The van der Waals surface area contributed by atoms with Crippen LogP contribution in [0.1, 0.15) is 15.9 Å². The number of nitro benzene ring substituents is 1. The third-order valence-corrected chi connectivity index (χ3v) is 5.62. The smallest absolute Gasteiger partial charge is 0.272 e. The standard InChI is InChI=1S/C26H17Cl2N3O4/c27-19-9-11-22(23(28)15-19)25(32)30-24(13-16-4-3-7-21(12-16)31(34)35)26(33)29-20-10-8-17-5-1-2-6-18(17)14-20/h1-15H,(H,29,33)(H,30,32)/b24-13-. The summed E-state index contributed by atoms with van der Waals surface area (Å²) in [6, 6.07) is 23.1. The maximum atomic E-state index is 13.2. The topological polar surface area (TPSA) is 101 Å². The lowest BCUT2D eigenvalue weighted by Crippen LogP contribution is -2.31. The highest BCUT2D eigenvalue weighted by atomic mass is 35.5. The molecule has 9 heteroatoms. The maximum absolute atomic E-state index is 13.2. The second-order valence-electron chi connectivity index (χ2n) is 7.50. The van der Waals surface area contributed by atoms with Crippen molar-refractivity contribution >= 4 is 63.2 Å². The van der Waals surface area contributed by atoms with Crippen LogP contribution in [0.25, 0.3) is 16.8 Å². The van der Waals surface area contributed by atoms with Gasteiger partial charge in [-0.15, -0.1) is 0 Å². The van der Waals surface area contributed by atoms with Gasteiger partial charge in [-0.2, -0.15) is 0 Å². The first-order chi connectivity index (χ1) is 16.8. The van der Waals surface area contributed by atoms with Gasteiger partial charge in [0.15, 0.2) is 0 Å². The number of halogens is 2. The molecule has 2 N–H and O–H groups in total. The maximum Gasteiger partial charge on any atom is 0.272 e. The average molecular weight is 506 g/mol. The molecule has 4 aromatic rings. The SMILES string of the molecule is O=C(Nc1ccc2ccccc2c1)/C(=C/c1cccc([N+](=O)[O-])c1)NC(=O)c1ccc(Cl)cc1Cl. The second-order valence-corrected chi connectivity index (χ2v) is 8.35. The molecule has 0 aliphatic rings. The van der Waals surface area contributed by atoms with Crippen LogP contribution in [-0.4, -0.2) is 16.7 Å². The molecular formula is C26H17Cl2N3O4. The first-order valence-corrected chi connectivity index (χ1v) is 11.1. The van der Waals surface area contributed by atoms with E-state index in [0.717, 1.165) is 10.8 Å². The molecule has 0 atom stereocenters. The Morgan fingerprint density at radius 3 is 2.37 bits per heavy atom. The van der Waals surface area contributed by atoms with Crippen LogP contribution >= 0.6 is 23.2 Å². The normalized spacial score (nSPS) is 11.2. The molecule has 0 aromatic heterocycles. The van der Waals surface area contributed by atoms with E-state index in [-0.39, 0.29) is 22.0 Å². The zero-order valence-corrected chi connectivity index (χ0v) is 19.5. The number of anilines is 1. The van der Waals surface area contributed by atoms with Gasteiger partial charge in [-0.1, -0.05) is 65.7 Å². The molecule has 0 heterocycles. The molecule has 174 valence electrons. The van der Waals surface area contributed by atoms with E-state index < -0.39 is 16.7 Å². The Bertz CT molecular complexity index is 1500. The molecule has 0 radical (unpaired) electrons. The summed E-state index contributed by atoms with van der Waals surface area (Å²) >= 11 is 12.1. The number of rotatable bonds is 6. The highest BCUT2D eigenvalue weighted by Gasteiger charge is 2.18. The van der Waals surface area contributed by atoms with Gasteiger partial charge in [-0.25, -0.2) is 0 Å². The summed E-state index contributed by atoms with van der Waals surface area (Å²) in [7, 11) is 0. The summed E-state index contributed by atoms with van der Waals surface area (Å²) in [5.41, 5.74) is 0.692. The number of fused-ring (bicyclic) bond motifs is 1. The van der Waals surface area contributed by atoms with Crippen LogP contribution in [-0.2, 0) is 4.79 Å². The molecule has 0 aliphatic carbocycles. The predicted molar refractivity (Wildman–Crippen MR) is 138 cm³/mol. The molecule has 2 amide bonds. The number of nitrogens with one attached hydrogen (secondary N) is 2. The fourth-order valence-electron chi connectivity index (χ4n) is 3.38. The summed E-state index contributed by atoms with van der Waals surface area (Å²) in [6.07, 6.45) is 1.35. The van der Waals surface area contributed by atoms with E-state index in [2.05, 4.69) is 10.6 Å². The van der Waals surface area contributed by atoms with E-state index in [9.17, 15) is 19.7 Å². The van der Waals surface area contributed by atoms with Crippen LogP contribution < -0.4 is 10.6 Å². The number of nitro groups is 1. The monoisotopic (exact) mass is 505 g/mol. The summed E-state index contributed by atoms with van der Waals surface area (Å²) in [5.74, 6) is -1.26. The molecule has 0 bridgehead atoms. The molecule has 0 spiro atoms. The highest BCUT2D eigenvalue weighted by Crippen LogP contribution is 2.23. The molecule has 0 saturated carbocycles. The van der Waals surface area contributed by atoms with E-state index in [1.165, 1.54) is 42.5 Å². The van der Waals surface area contributed by atoms with Crippen molar-refractivity contribution < 1.29 is 14.5 Å². The van der Waals surface area contributed by atoms with Crippen molar-refractivity contribution in [3.8, 4) is 0 Å². The summed E-state index contributed by atoms with van der Waals surface area (Å²) in [6.45, 7) is 0. The molecule has 7 nitrogen and oxygen atoms in total. The van der Waals surface area contributed by atoms with Gasteiger partial charge in [0.2, 0.25) is 0 Å². The predicted octanol–water partition coefficient (Wildman–Crippen LogP) is 6.46. The Hall–Kier alpha value is -4.20. The van der Waals surface area contributed by atoms with Crippen molar-refractivity contribution in [1.82, 2.24) is 5.32 Å². The minimum atomic E-state index is -0.642. The lowest BCUT2D eigenvalue weighted by molar-refractivity contribution is -0.384. The molecule has 0 unspecified atom stereocenters. The Balaban J connectivity index is 1.68. The van der Waals surface area contributed by atoms with Gasteiger partial charge in [-0.05, 0) is 52.7 Å². The number of amides is 2. The van der Waals surface area contributed by atoms with Crippen molar-refractivity contribution in [2.24, 2.45) is 0 Å². The summed E-state index contributed by atoms with van der Waals surface area (Å²) < 4.78 is 0. The first-order valence-electron chi connectivity index (χ1n) is 10.3. The van der Waals surface area contributed by atoms with Gasteiger partial charge < -0.3 is 10.6 Å². The molecule has 0 aliphatic heterocycles. The van der Waals surface area contributed by atoms with Crippen molar-refractivity contribution in [2.75, 3.05) is 5.32 Å². The number of benzene rings is 4. The number of carbonyl (C=O) groups is 2. The fraction of sp³-hybridized carbons (Fsp3) is 0. The number of nitrogens with zero attached hydrogens (tertiary/aromatic N) is 1. The van der Waals surface area contributed by atoms with Gasteiger partial charge in [0.25, 0.3) is 17.5 Å². The third-order valence-electron chi connectivity index (χ3n) is 5.07. The van der Waals surface area contributed by atoms with E-state index in [0.29, 0.717) is 16.3 Å². The Kier molecular flexibility index (Phi) is 7.10. The van der Waals surface area contributed by atoms with E-state index in [1.807, 2.05) is 30.3 Å². The average Bonchev–Trinajstić information content (AvgIpc) is 2.83. The molecule has 4 rings (SSSR count). The largest absolute Gasteiger partial charge is 0.321 e. The van der Waals surface area contributed by atoms with Crippen molar-refractivity contribution in [1.29, 1.82) is 0 Å². The van der Waals surface area contributed by atoms with E-state index in [4.69, 9.17) is 23.2 Å². The Labute approximate surface area is 210 Å². The number of non-ortho nitro benzene ring substituents is 1. The van der Waals surface area contributed by atoms with Crippen LogP contribution in [0.3, 0.4) is 0 Å². The highest BCUT2D eigenvalue weighted by molar-refractivity contribution is 6.36. The zero-order valence-electron chi connectivity index (χ0n) is 18.0. The lowest BCUT2D eigenvalue weighted by Gasteiger charge is -2.13. The zero-order chi connectivity index (χ0) is 24.9. The van der Waals surface area contributed by atoms with Crippen LogP contribution in [0.2, 0.25) is 10.0 Å². The fourth-order valence-corrected chi connectivity index (χ4v) is 3.88. The quantitative estimate of drug-likeness (QED) is 0.178. The van der Waals surface area contributed by atoms with Crippen molar-refractivity contribution in [2.45, 2.75) is 0 Å². The van der Waals surface area contributed by atoms with Crippen LogP contribution in [0.4, 0.5) is 11.4 Å². The van der Waals surface area contributed by atoms with E-state index >= 15 is 0 Å². The van der Waals surface area contributed by atoms with Crippen LogP contribution in [0, 0.1) is 10.1 Å². The van der Waals surface area contributed by atoms with Gasteiger partial charge in [0, 0.05) is 22.8 Å². The lowest BCUT2D eigenvalue weighted by atomic mass is 10.1. The van der Waals surface area contributed by atoms with Crippen molar-refractivity contribution in [3.05, 3.63) is 122 Å². The molecule has 0 saturated heterocycles. The minimum Gasteiger partial charge on any atom is -0.321 e. The van der Waals surface area contributed by atoms with Crippen molar-refractivity contribution in [3.63, 3.8) is 0 Å². The minimum absolute atomic E-state index is 0.111. The number of hydrogen-bond acceptors (Lipinski definition) is 4. The number of carbonyl (C=O) groups excluding carboxylic acids is 2. The number of hydrogen-bond donors (Lipinski definition) is 2. The Morgan fingerprint density at radius 2 is 1.63 bits per heavy atom. The molecule has 0 fully saturated rings. The first kappa shape index (κ1) is 23.9. The second kappa shape index (κ2) is 10.4. The molecule has 35 heavy (non-hydrogen) atoms. The van der Waals surface area contributed by atoms with Crippen LogP contribution in [0.5, 0.6) is 0 Å². The summed E-state index contributed by atoms with van der Waals surface area (Å²) in [5, 5.41) is 18.9. The van der Waals surface area contributed by atoms with Crippen LogP contribution in [0.15, 0.2) is 90.6 Å². The third kappa shape index (κ3) is 5.84. The Morgan fingerprint density at radius 1 is 0.857 bits per heavy atom. The molecular weight excluding hydrogens is 489 g/mol. The summed E-state index contributed by atoms with van der Waals surface area (Å²) in [4.78, 5) is 36.7. The van der Waals surface area contributed by atoms with Gasteiger partial charge >= 0.3 is 0 Å². The van der Waals surface area contributed by atoms with Gasteiger partial charge in [0.05, 0.1) is 15.5 Å². The van der Waals surface area contributed by atoms with Gasteiger partial charge in [0.1, 0.15) is 5.70 Å². The molecule has 4 aromatic carbocycles. The van der Waals surface area contributed by atoms with E-state index in [1.54, 1.807) is 18.2 Å². The van der Waals surface area contributed by atoms with Gasteiger partial charge in [-0.3, -0.25) is 19.7 Å².